The van der Waals surface area contributed by atoms with Crippen molar-refractivity contribution in [3.63, 3.8) is 0 Å². The zero-order valence-electron chi connectivity index (χ0n) is 12.6. The molecule has 1 aromatic rings. The number of amides is 1. The minimum Gasteiger partial charge on any atom is -0.484 e. The van der Waals surface area contributed by atoms with Crippen molar-refractivity contribution in [2.24, 2.45) is 5.10 Å². The lowest BCUT2D eigenvalue weighted by Gasteiger charge is -2.06. The smallest absolute Gasteiger partial charge is 0.338 e. The molecule has 1 fully saturated rings. The molecule has 0 saturated heterocycles. The minimum atomic E-state index is -0.376. The van der Waals surface area contributed by atoms with E-state index in [9.17, 15) is 9.59 Å². The van der Waals surface area contributed by atoms with Crippen LogP contribution in [0.15, 0.2) is 29.4 Å². The summed E-state index contributed by atoms with van der Waals surface area (Å²) < 4.78 is 10.2. The van der Waals surface area contributed by atoms with Gasteiger partial charge in [-0.2, -0.15) is 5.10 Å². The highest BCUT2D eigenvalue weighted by atomic mass is 16.5. The van der Waals surface area contributed by atoms with Crippen LogP contribution < -0.4 is 10.2 Å². The van der Waals surface area contributed by atoms with Crippen LogP contribution in [0.4, 0.5) is 0 Å². The number of hydrogen-bond donors (Lipinski definition) is 1. The molecule has 2 rings (SSSR count). The number of carbonyl (C=O) groups excluding carboxylic acids is 2. The fraction of sp³-hybridized carbons (Fsp3) is 0.438. The SMILES string of the molecule is CCOC(=O)c1ccc(OCC(=O)NN=C2CCCC2)cc1. The maximum Gasteiger partial charge on any atom is 0.338 e. The quantitative estimate of drug-likeness (QED) is 0.646. The summed E-state index contributed by atoms with van der Waals surface area (Å²) in [6.45, 7) is 1.97. The van der Waals surface area contributed by atoms with Crippen molar-refractivity contribution in [1.29, 1.82) is 0 Å². The van der Waals surface area contributed by atoms with E-state index in [4.69, 9.17) is 9.47 Å². The maximum absolute atomic E-state index is 11.6. The summed E-state index contributed by atoms with van der Waals surface area (Å²) in [5, 5.41) is 4.07. The molecule has 1 amide bonds. The van der Waals surface area contributed by atoms with Crippen LogP contribution in [-0.2, 0) is 9.53 Å². The van der Waals surface area contributed by atoms with Gasteiger partial charge < -0.3 is 9.47 Å². The number of hydrogen-bond acceptors (Lipinski definition) is 5. The standard InChI is InChI=1S/C16H20N2O4/c1-2-21-16(20)12-7-9-14(10-8-12)22-11-15(19)18-17-13-5-3-4-6-13/h7-10H,2-6,11H2,1H3,(H,18,19). The number of nitrogens with one attached hydrogen (secondary N) is 1. The zero-order chi connectivity index (χ0) is 15.8. The van der Waals surface area contributed by atoms with Gasteiger partial charge in [0.2, 0.25) is 0 Å². The summed E-state index contributed by atoms with van der Waals surface area (Å²) in [5.74, 6) is -0.162. The third-order valence-electron chi connectivity index (χ3n) is 3.25. The van der Waals surface area contributed by atoms with Gasteiger partial charge in [0.25, 0.3) is 5.91 Å². The third-order valence-corrected chi connectivity index (χ3v) is 3.25. The first-order valence-corrected chi connectivity index (χ1v) is 7.43. The Balaban J connectivity index is 1.77. The summed E-state index contributed by atoms with van der Waals surface area (Å²) >= 11 is 0. The molecular formula is C16H20N2O4. The summed E-state index contributed by atoms with van der Waals surface area (Å²) in [6.07, 6.45) is 4.18. The first-order valence-electron chi connectivity index (χ1n) is 7.43. The number of rotatable bonds is 6. The Labute approximate surface area is 129 Å². The first kappa shape index (κ1) is 16.0. The number of nitrogens with zero attached hydrogens (tertiary/aromatic N) is 1. The Morgan fingerprint density at radius 2 is 1.86 bits per heavy atom. The van der Waals surface area contributed by atoms with Gasteiger partial charge in [-0.05, 0) is 56.9 Å². The van der Waals surface area contributed by atoms with Crippen molar-refractivity contribution in [2.45, 2.75) is 32.6 Å². The Hall–Kier alpha value is -2.37. The Morgan fingerprint density at radius 3 is 2.50 bits per heavy atom. The first-order chi connectivity index (χ1) is 10.7. The fourth-order valence-corrected chi connectivity index (χ4v) is 2.12. The molecule has 1 aliphatic carbocycles. The van der Waals surface area contributed by atoms with Crippen molar-refractivity contribution in [3.8, 4) is 5.75 Å². The Morgan fingerprint density at radius 1 is 1.18 bits per heavy atom. The number of esters is 1. The van der Waals surface area contributed by atoms with Crippen LogP contribution in [0.2, 0.25) is 0 Å². The second kappa shape index (κ2) is 8.17. The normalized spacial score (nSPS) is 13.6. The topological polar surface area (TPSA) is 77.0 Å². The lowest BCUT2D eigenvalue weighted by Crippen LogP contribution is -2.25. The van der Waals surface area contributed by atoms with E-state index in [-0.39, 0.29) is 18.5 Å². The third kappa shape index (κ3) is 4.87. The van der Waals surface area contributed by atoms with Crippen LogP contribution in [-0.4, -0.2) is 30.8 Å². The average Bonchev–Trinajstić information content (AvgIpc) is 3.05. The van der Waals surface area contributed by atoms with Crippen LogP contribution in [0.3, 0.4) is 0 Å². The van der Waals surface area contributed by atoms with Gasteiger partial charge in [-0.25, -0.2) is 10.2 Å². The maximum atomic E-state index is 11.6. The molecule has 0 aliphatic heterocycles. The molecule has 0 spiro atoms. The molecule has 0 unspecified atom stereocenters. The van der Waals surface area contributed by atoms with E-state index in [1.54, 1.807) is 31.2 Å². The summed E-state index contributed by atoms with van der Waals surface area (Å²) in [7, 11) is 0. The van der Waals surface area contributed by atoms with Crippen LogP contribution in [0, 0.1) is 0 Å². The molecule has 6 heteroatoms. The Bertz CT molecular complexity index is 544. The lowest BCUT2D eigenvalue weighted by molar-refractivity contribution is -0.123. The van der Waals surface area contributed by atoms with E-state index in [0.29, 0.717) is 17.9 Å². The van der Waals surface area contributed by atoms with E-state index in [1.165, 1.54) is 0 Å². The molecule has 0 heterocycles. The number of benzene rings is 1. The van der Waals surface area contributed by atoms with Gasteiger partial charge >= 0.3 is 5.97 Å². The summed E-state index contributed by atoms with van der Waals surface area (Å²) in [6, 6.07) is 6.46. The minimum absolute atomic E-state index is 0.116. The van der Waals surface area contributed by atoms with Crippen molar-refractivity contribution < 1.29 is 19.1 Å². The monoisotopic (exact) mass is 304 g/mol. The van der Waals surface area contributed by atoms with E-state index in [1.807, 2.05) is 0 Å². The van der Waals surface area contributed by atoms with Gasteiger partial charge in [-0.15, -0.1) is 0 Å². The van der Waals surface area contributed by atoms with Crippen molar-refractivity contribution >= 4 is 17.6 Å². The van der Waals surface area contributed by atoms with Crippen molar-refractivity contribution in [1.82, 2.24) is 5.43 Å². The molecule has 0 bridgehead atoms. The molecule has 1 aliphatic rings. The molecule has 6 nitrogen and oxygen atoms in total. The number of ether oxygens (including phenoxy) is 2. The van der Waals surface area contributed by atoms with Crippen molar-refractivity contribution in [2.75, 3.05) is 13.2 Å². The molecule has 1 aromatic carbocycles. The summed E-state index contributed by atoms with van der Waals surface area (Å²) in [5.41, 5.74) is 3.98. The second-order valence-electron chi connectivity index (χ2n) is 4.95. The second-order valence-corrected chi connectivity index (χ2v) is 4.95. The molecule has 118 valence electrons. The molecular weight excluding hydrogens is 284 g/mol. The summed E-state index contributed by atoms with van der Waals surface area (Å²) in [4.78, 5) is 23.1. The largest absolute Gasteiger partial charge is 0.484 e. The van der Waals surface area contributed by atoms with Gasteiger partial charge in [0, 0.05) is 5.71 Å². The highest BCUT2D eigenvalue weighted by Gasteiger charge is 2.09. The molecule has 1 N–H and O–H groups in total. The van der Waals surface area contributed by atoms with Gasteiger partial charge in [0.15, 0.2) is 6.61 Å². The number of carbonyl (C=O) groups is 2. The predicted molar refractivity (Wildman–Crippen MR) is 81.9 cm³/mol. The van der Waals surface area contributed by atoms with Crippen molar-refractivity contribution in [3.05, 3.63) is 29.8 Å². The van der Waals surface area contributed by atoms with E-state index in [0.717, 1.165) is 31.4 Å². The van der Waals surface area contributed by atoms with Crippen LogP contribution >= 0.6 is 0 Å². The van der Waals surface area contributed by atoms with Gasteiger partial charge in [0.1, 0.15) is 5.75 Å². The van der Waals surface area contributed by atoms with E-state index < -0.39 is 0 Å². The highest BCUT2D eigenvalue weighted by Crippen LogP contribution is 2.14. The zero-order valence-corrected chi connectivity index (χ0v) is 12.6. The van der Waals surface area contributed by atoms with Crippen LogP contribution in [0.1, 0.15) is 43.0 Å². The lowest BCUT2D eigenvalue weighted by atomic mass is 10.2. The van der Waals surface area contributed by atoms with Gasteiger partial charge in [-0.1, -0.05) is 0 Å². The molecule has 0 radical (unpaired) electrons. The van der Waals surface area contributed by atoms with Crippen LogP contribution in [0.5, 0.6) is 5.75 Å². The molecule has 22 heavy (non-hydrogen) atoms. The molecule has 1 saturated carbocycles. The molecule has 0 aromatic heterocycles. The Kier molecular flexibility index (Phi) is 5.94. The highest BCUT2D eigenvalue weighted by molar-refractivity contribution is 5.89. The van der Waals surface area contributed by atoms with Gasteiger partial charge in [0.05, 0.1) is 12.2 Å². The van der Waals surface area contributed by atoms with Crippen LogP contribution in [0.25, 0.3) is 0 Å². The predicted octanol–water partition coefficient (Wildman–Crippen LogP) is 2.29. The van der Waals surface area contributed by atoms with E-state index in [2.05, 4.69) is 10.5 Å². The van der Waals surface area contributed by atoms with E-state index >= 15 is 0 Å². The number of hydrazone groups is 1. The fourth-order valence-electron chi connectivity index (χ4n) is 2.12. The average molecular weight is 304 g/mol. The van der Waals surface area contributed by atoms with Gasteiger partial charge in [-0.3, -0.25) is 4.79 Å². The molecule has 0 atom stereocenters.